The van der Waals surface area contributed by atoms with Crippen LogP contribution in [-0.4, -0.2) is 45.4 Å². The first-order valence-corrected chi connectivity index (χ1v) is 11.5. The van der Waals surface area contributed by atoms with E-state index in [4.69, 9.17) is 4.74 Å². The highest BCUT2D eigenvalue weighted by molar-refractivity contribution is 7.89. The van der Waals surface area contributed by atoms with Crippen LogP contribution in [0.15, 0.2) is 41.3 Å². The minimum absolute atomic E-state index is 0.00511. The van der Waals surface area contributed by atoms with Crippen LogP contribution in [0.1, 0.15) is 30.4 Å². The lowest BCUT2D eigenvalue weighted by atomic mass is 10.2. The van der Waals surface area contributed by atoms with E-state index < -0.39 is 10.0 Å². The van der Waals surface area contributed by atoms with Crippen molar-refractivity contribution in [2.24, 2.45) is 0 Å². The maximum atomic E-state index is 12.9. The minimum Gasteiger partial charge on any atom is -0.495 e. The molecule has 7 nitrogen and oxygen atoms in total. The molecule has 0 atom stereocenters. The molecular weight excluding hydrogens is 402 g/mol. The van der Waals surface area contributed by atoms with Crippen molar-refractivity contribution in [1.82, 2.24) is 4.31 Å². The molecular formula is C22H29N3O4S. The lowest BCUT2D eigenvalue weighted by Crippen LogP contribution is -2.35. The van der Waals surface area contributed by atoms with Crippen LogP contribution in [-0.2, 0) is 14.8 Å². The number of nitrogens with one attached hydrogen (secondary N) is 2. The second kappa shape index (κ2) is 9.49. The lowest BCUT2D eigenvalue weighted by Gasteiger charge is -2.26. The Bertz CT molecular complexity index is 1020. The molecule has 0 radical (unpaired) electrons. The Hall–Kier alpha value is -2.58. The molecule has 0 aromatic heterocycles. The van der Waals surface area contributed by atoms with Gasteiger partial charge >= 0.3 is 0 Å². The number of nitrogens with zero attached hydrogens (tertiary/aromatic N) is 1. The molecule has 2 aromatic rings. The zero-order chi connectivity index (χ0) is 21.7. The highest BCUT2D eigenvalue weighted by Gasteiger charge is 2.26. The van der Waals surface area contributed by atoms with E-state index in [1.807, 2.05) is 26.0 Å². The van der Waals surface area contributed by atoms with Crippen LogP contribution in [0.3, 0.4) is 0 Å². The zero-order valence-corrected chi connectivity index (χ0v) is 18.5. The Kier molecular flexibility index (Phi) is 6.99. The predicted molar refractivity (Wildman–Crippen MR) is 119 cm³/mol. The van der Waals surface area contributed by atoms with Crippen molar-refractivity contribution in [3.63, 3.8) is 0 Å². The summed E-state index contributed by atoms with van der Waals surface area (Å²) < 4.78 is 32.7. The Morgan fingerprint density at radius 1 is 1.03 bits per heavy atom. The van der Waals surface area contributed by atoms with Gasteiger partial charge in [-0.15, -0.1) is 0 Å². The summed E-state index contributed by atoms with van der Waals surface area (Å²) in [6.07, 6.45) is 2.84. The Balaban J connectivity index is 1.70. The second-order valence-electron chi connectivity index (χ2n) is 7.55. The molecule has 30 heavy (non-hydrogen) atoms. The van der Waals surface area contributed by atoms with Gasteiger partial charge in [-0.2, -0.15) is 4.31 Å². The van der Waals surface area contributed by atoms with Gasteiger partial charge < -0.3 is 15.4 Å². The van der Waals surface area contributed by atoms with Gasteiger partial charge in [0.25, 0.3) is 0 Å². The third-order valence-electron chi connectivity index (χ3n) is 5.23. The normalized spacial score (nSPS) is 14.9. The Labute approximate surface area is 178 Å². The van der Waals surface area contributed by atoms with Crippen LogP contribution in [0.25, 0.3) is 0 Å². The van der Waals surface area contributed by atoms with E-state index in [9.17, 15) is 13.2 Å². The number of aryl methyl sites for hydroxylation is 2. The smallest absolute Gasteiger partial charge is 0.243 e. The van der Waals surface area contributed by atoms with Crippen LogP contribution in [0.5, 0.6) is 5.75 Å². The number of hydrogen-bond donors (Lipinski definition) is 2. The minimum atomic E-state index is -3.53. The molecule has 2 N–H and O–H groups in total. The summed E-state index contributed by atoms with van der Waals surface area (Å²) in [5.74, 6) is 0.336. The maximum absolute atomic E-state index is 12.9. The summed E-state index contributed by atoms with van der Waals surface area (Å²) in [6, 6.07) is 10.6. The SMILES string of the molecule is COc1ccc(C)cc1NC(=O)CNc1cc(S(=O)(=O)N2CCCCC2)ccc1C. The van der Waals surface area contributed by atoms with E-state index >= 15 is 0 Å². The molecule has 0 saturated carbocycles. The number of rotatable bonds is 7. The van der Waals surface area contributed by atoms with E-state index in [-0.39, 0.29) is 17.3 Å². The van der Waals surface area contributed by atoms with Gasteiger partial charge in [-0.1, -0.05) is 18.6 Å². The summed E-state index contributed by atoms with van der Waals surface area (Å²) in [7, 11) is -1.97. The second-order valence-corrected chi connectivity index (χ2v) is 9.48. The Morgan fingerprint density at radius 3 is 2.47 bits per heavy atom. The molecule has 0 aliphatic carbocycles. The lowest BCUT2D eigenvalue weighted by molar-refractivity contribution is -0.114. The quantitative estimate of drug-likeness (QED) is 0.700. The van der Waals surface area contributed by atoms with Crippen molar-refractivity contribution in [2.75, 3.05) is 37.4 Å². The molecule has 1 aliphatic heterocycles. The van der Waals surface area contributed by atoms with E-state index in [1.165, 1.54) is 0 Å². The van der Waals surface area contributed by atoms with Gasteiger partial charge in [0.2, 0.25) is 15.9 Å². The molecule has 0 unspecified atom stereocenters. The first kappa shape index (κ1) is 22.1. The van der Waals surface area contributed by atoms with Crippen LogP contribution in [0, 0.1) is 13.8 Å². The fourth-order valence-electron chi connectivity index (χ4n) is 3.50. The summed E-state index contributed by atoms with van der Waals surface area (Å²) in [4.78, 5) is 12.7. The zero-order valence-electron chi connectivity index (χ0n) is 17.7. The Morgan fingerprint density at radius 2 is 1.77 bits per heavy atom. The van der Waals surface area contributed by atoms with Crippen molar-refractivity contribution in [1.29, 1.82) is 0 Å². The number of amides is 1. The number of carbonyl (C=O) groups excluding carboxylic acids is 1. The summed E-state index contributed by atoms with van der Waals surface area (Å²) in [5.41, 5.74) is 3.10. The molecule has 1 aliphatic rings. The summed E-state index contributed by atoms with van der Waals surface area (Å²) in [6.45, 7) is 4.93. The molecule has 162 valence electrons. The average molecular weight is 432 g/mol. The highest BCUT2D eigenvalue weighted by atomic mass is 32.2. The first-order chi connectivity index (χ1) is 14.3. The van der Waals surface area contributed by atoms with Crippen LogP contribution >= 0.6 is 0 Å². The standard InChI is InChI=1S/C22H29N3O4S/c1-16-7-10-21(29-3)20(13-16)24-22(26)15-23-19-14-18(9-8-17(19)2)30(27,28)25-11-5-4-6-12-25/h7-10,13-14,23H,4-6,11-12,15H2,1-3H3,(H,24,26). The molecule has 1 amide bonds. The molecule has 1 fully saturated rings. The van der Waals surface area contributed by atoms with Crippen molar-refractivity contribution < 1.29 is 17.9 Å². The number of anilines is 2. The van der Waals surface area contributed by atoms with Gasteiger partial charge in [0.15, 0.2) is 0 Å². The first-order valence-electron chi connectivity index (χ1n) is 10.1. The van der Waals surface area contributed by atoms with E-state index in [2.05, 4.69) is 10.6 Å². The fourth-order valence-corrected chi connectivity index (χ4v) is 5.04. The van der Waals surface area contributed by atoms with Crippen molar-refractivity contribution in [2.45, 2.75) is 38.0 Å². The van der Waals surface area contributed by atoms with E-state index in [0.29, 0.717) is 30.2 Å². The number of piperidine rings is 1. The topological polar surface area (TPSA) is 87.7 Å². The van der Waals surface area contributed by atoms with Gasteiger partial charge in [-0.25, -0.2) is 8.42 Å². The monoisotopic (exact) mass is 431 g/mol. The molecule has 0 spiro atoms. The molecule has 1 saturated heterocycles. The number of ether oxygens (including phenoxy) is 1. The number of benzene rings is 2. The van der Waals surface area contributed by atoms with Gasteiger partial charge in [0.05, 0.1) is 24.2 Å². The number of carbonyl (C=O) groups is 1. The number of sulfonamides is 1. The van der Waals surface area contributed by atoms with Gasteiger partial charge in [0, 0.05) is 18.8 Å². The molecule has 3 rings (SSSR count). The van der Waals surface area contributed by atoms with Gasteiger partial charge in [-0.05, 0) is 62.1 Å². The van der Waals surface area contributed by atoms with E-state index in [1.54, 1.807) is 35.7 Å². The van der Waals surface area contributed by atoms with Crippen molar-refractivity contribution in [3.05, 3.63) is 47.5 Å². The molecule has 8 heteroatoms. The van der Waals surface area contributed by atoms with Gasteiger partial charge in [-0.3, -0.25) is 4.79 Å². The molecule has 2 aromatic carbocycles. The van der Waals surface area contributed by atoms with Crippen LogP contribution in [0.2, 0.25) is 0 Å². The molecule has 1 heterocycles. The number of methoxy groups -OCH3 is 1. The van der Waals surface area contributed by atoms with Crippen molar-refractivity contribution in [3.8, 4) is 5.75 Å². The summed E-state index contributed by atoms with van der Waals surface area (Å²) in [5, 5.41) is 5.90. The fraction of sp³-hybridized carbons (Fsp3) is 0.409. The van der Waals surface area contributed by atoms with E-state index in [0.717, 1.165) is 30.4 Å². The molecule has 0 bridgehead atoms. The van der Waals surface area contributed by atoms with Crippen molar-refractivity contribution >= 4 is 27.3 Å². The van der Waals surface area contributed by atoms with Gasteiger partial charge in [0.1, 0.15) is 5.75 Å². The van der Waals surface area contributed by atoms with Crippen LogP contribution < -0.4 is 15.4 Å². The maximum Gasteiger partial charge on any atom is 0.243 e. The summed E-state index contributed by atoms with van der Waals surface area (Å²) >= 11 is 0. The highest BCUT2D eigenvalue weighted by Crippen LogP contribution is 2.26. The third-order valence-corrected chi connectivity index (χ3v) is 7.12. The number of hydrogen-bond acceptors (Lipinski definition) is 5. The van der Waals surface area contributed by atoms with Crippen LogP contribution in [0.4, 0.5) is 11.4 Å². The third kappa shape index (κ3) is 5.12. The average Bonchev–Trinajstić information content (AvgIpc) is 2.74. The predicted octanol–water partition coefficient (Wildman–Crippen LogP) is 3.54. The largest absolute Gasteiger partial charge is 0.495 e.